The number of methoxy groups -OCH3 is 1. The van der Waals surface area contributed by atoms with Crippen LogP contribution < -0.4 is 10.1 Å². The van der Waals surface area contributed by atoms with Crippen molar-refractivity contribution < 1.29 is 23.9 Å². The van der Waals surface area contributed by atoms with Gasteiger partial charge in [0.05, 0.1) is 13.2 Å². The van der Waals surface area contributed by atoms with E-state index in [9.17, 15) is 14.4 Å². The summed E-state index contributed by atoms with van der Waals surface area (Å²) in [5.41, 5.74) is -0.0988. The van der Waals surface area contributed by atoms with E-state index in [0.29, 0.717) is 11.3 Å². The molecule has 2 amide bonds. The standard InChI is InChI=1S/C19H28N2O5/c1-12(22)15(17(23)21(5)6)16(20-18(24)26-19(2,3)4)13-8-10-14(25-7)11-9-13/h8-11,15-16H,1-7H3,(H,20,24)/t15-,16-/m1/s1. The van der Waals surface area contributed by atoms with Gasteiger partial charge in [0.15, 0.2) is 0 Å². The second-order valence-electron chi connectivity index (χ2n) is 7.22. The number of alkyl carbamates (subject to hydrolysis) is 1. The van der Waals surface area contributed by atoms with E-state index in [2.05, 4.69) is 5.32 Å². The van der Waals surface area contributed by atoms with Crippen LogP contribution in [0.15, 0.2) is 24.3 Å². The van der Waals surface area contributed by atoms with Gasteiger partial charge in [-0.25, -0.2) is 4.79 Å². The van der Waals surface area contributed by atoms with Crippen molar-refractivity contribution in [2.24, 2.45) is 5.92 Å². The number of ether oxygens (including phenoxy) is 2. The Balaban J connectivity index is 3.27. The number of Topliss-reactive ketones (excluding diaryl/α,β-unsaturated/α-hetero) is 1. The maximum absolute atomic E-state index is 12.6. The number of rotatable bonds is 6. The van der Waals surface area contributed by atoms with E-state index < -0.39 is 29.6 Å². The molecule has 1 rings (SSSR count). The lowest BCUT2D eigenvalue weighted by atomic mass is 9.89. The highest BCUT2D eigenvalue weighted by Gasteiger charge is 2.36. The normalized spacial score (nSPS) is 13.3. The Morgan fingerprint density at radius 2 is 1.62 bits per heavy atom. The molecule has 0 heterocycles. The van der Waals surface area contributed by atoms with Crippen molar-refractivity contribution in [2.75, 3.05) is 21.2 Å². The van der Waals surface area contributed by atoms with Crippen LogP contribution in [-0.2, 0) is 14.3 Å². The lowest BCUT2D eigenvalue weighted by Crippen LogP contribution is -2.45. The topological polar surface area (TPSA) is 84.9 Å². The fourth-order valence-electron chi connectivity index (χ4n) is 2.43. The zero-order chi connectivity index (χ0) is 20.1. The second-order valence-corrected chi connectivity index (χ2v) is 7.22. The number of nitrogens with one attached hydrogen (secondary N) is 1. The summed E-state index contributed by atoms with van der Waals surface area (Å²) < 4.78 is 10.4. The first-order chi connectivity index (χ1) is 12.0. The molecule has 0 radical (unpaired) electrons. The van der Waals surface area contributed by atoms with Gasteiger partial charge in [0.2, 0.25) is 5.91 Å². The molecule has 2 atom stereocenters. The molecule has 0 fully saturated rings. The van der Waals surface area contributed by atoms with Crippen LogP contribution in [0.2, 0.25) is 0 Å². The van der Waals surface area contributed by atoms with Gasteiger partial charge in [-0.3, -0.25) is 9.59 Å². The molecule has 7 nitrogen and oxygen atoms in total. The first kappa shape index (κ1) is 21.5. The highest BCUT2D eigenvalue weighted by Crippen LogP contribution is 2.27. The molecule has 0 bridgehead atoms. The van der Waals surface area contributed by atoms with Crippen molar-refractivity contribution in [1.82, 2.24) is 10.2 Å². The van der Waals surface area contributed by atoms with Gasteiger partial charge < -0.3 is 19.7 Å². The molecule has 0 saturated heterocycles. The Morgan fingerprint density at radius 3 is 2.00 bits per heavy atom. The molecule has 0 unspecified atom stereocenters. The molecule has 1 N–H and O–H groups in total. The van der Waals surface area contributed by atoms with E-state index in [0.717, 1.165) is 0 Å². The number of hydrogen-bond donors (Lipinski definition) is 1. The van der Waals surface area contributed by atoms with Crippen molar-refractivity contribution in [3.05, 3.63) is 29.8 Å². The summed E-state index contributed by atoms with van der Waals surface area (Å²) >= 11 is 0. The average molecular weight is 364 g/mol. The summed E-state index contributed by atoms with van der Waals surface area (Å²) in [5, 5.41) is 2.67. The van der Waals surface area contributed by atoms with Crippen LogP contribution in [0.1, 0.15) is 39.3 Å². The van der Waals surface area contributed by atoms with Crippen LogP contribution in [0.3, 0.4) is 0 Å². The van der Waals surface area contributed by atoms with Crippen molar-refractivity contribution >= 4 is 17.8 Å². The van der Waals surface area contributed by atoms with E-state index in [-0.39, 0.29) is 5.78 Å². The quantitative estimate of drug-likeness (QED) is 0.784. The number of ketones is 1. The fourth-order valence-corrected chi connectivity index (χ4v) is 2.43. The number of carbonyl (C=O) groups is 3. The van der Waals surface area contributed by atoms with E-state index >= 15 is 0 Å². The minimum atomic E-state index is -1.06. The van der Waals surface area contributed by atoms with Gasteiger partial charge in [-0.1, -0.05) is 12.1 Å². The summed E-state index contributed by atoms with van der Waals surface area (Å²) in [7, 11) is 4.67. The van der Waals surface area contributed by atoms with Gasteiger partial charge in [-0.15, -0.1) is 0 Å². The Bertz CT molecular complexity index is 647. The van der Waals surface area contributed by atoms with Crippen LogP contribution in [0, 0.1) is 5.92 Å². The molecule has 0 aromatic heterocycles. The van der Waals surface area contributed by atoms with Crippen LogP contribution >= 0.6 is 0 Å². The van der Waals surface area contributed by atoms with E-state index in [1.54, 1.807) is 66.2 Å². The largest absolute Gasteiger partial charge is 0.497 e. The molecule has 144 valence electrons. The Labute approximate surface area is 154 Å². The molecule has 0 aliphatic carbocycles. The van der Waals surface area contributed by atoms with Gasteiger partial charge in [0, 0.05) is 14.1 Å². The highest BCUT2D eigenvalue weighted by atomic mass is 16.6. The number of hydrogen-bond acceptors (Lipinski definition) is 5. The first-order valence-electron chi connectivity index (χ1n) is 8.31. The van der Waals surface area contributed by atoms with Crippen LogP contribution in [0.4, 0.5) is 4.79 Å². The van der Waals surface area contributed by atoms with Gasteiger partial charge in [-0.05, 0) is 45.4 Å². The molecular weight excluding hydrogens is 336 g/mol. The van der Waals surface area contributed by atoms with E-state index in [4.69, 9.17) is 9.47 Å². The molecule has 1 aromatic carbocycles. The second kappa shape index (κ2) is 8.69. The molecule has 7 heteroatoms. The lowest BCUT2D eigenvalue weighted by Gasteiger charge is -2.29. The summed E-state index contributed by atoms with van der Waals surface area (Å²) in [4.78, 5) is 38.4. The SMILES string of the molecule is COc1ccc([C@@H](NC(=O)OC(C)(C)C)[C@@H](C(C)=O)C(=O)N(C)C)cc1. The maximum Gasteiger partial charge on any atom is 0.408 e. The molecule has 0 spiro atoms. The van der Waals surface area contributed by atoms with Crippen molar-refractivity contribution in [2.45, 2.75) is 39.3 Å². The Hall–Kier alpha value is -2.57. The zero-order valence-corrected chi connectivity index (χ0v) is 16.5. The van der Waals surface area contributed by atoms with Crippen LogP contribution in [-0.4, -0.2) is 49.5 Å². The number of amides is 2. The first-order valence-corrected chi connectivity index (χ1v) is 8.31. The molecule has 0 aliphatic rings. The average Bonchev–Trinajstić information content (AvgIpc) is 2.52. The Morgan fingerprint density at radius 1 is 1.08 bits per heavy atom. The number of nitrogens with zero attached hydrogens (tertiary/aromatic N) is 1. The van der Waals surface area contributed by atoms with E-state index in [1.807, 2.05) is 0 Å². The molecule has 0 saturated carbocycles. The fraction of sp³-hybridized carbons (Fsp3) is 0.526. The Kier molecular flexibility index (Phi) is 7.18. The van der Waals surface area contributed by atoms with Crippen molar-refractivity contribution in [3.63, 3.8) is 0 Å². The van der Waals surface area contributed by atoms with Crippen molar-refractivity contribution in [3.8, 4) is 5.75 Å². The summed E-state index contributed by atoms with van der Waals surface area (Å²) in [5.74, 6) is -1.18. The number of benzene rings is 1. The zero-order valence-electron chi connectivity index (χ0n) is 16.5. The lowest BCUT2D eigenvalue weighted by molar-refractivity contribution is -0.140. The summed E-state index contributed by atoms with van der Waals surface area (Å²) in [6.07, 6.45) is -0.698. The van der Waals surface area contributed by atoms with Crippen LogP contribution in [0.5, 0.6) is 5.75 Å². The smallest absolute Gasteiger partial charge is 0.408 e. The third kappa shape index (κ3) is 6.06. The van der Waals surface area contributed by atoms with Crippen LogP contribution in [0.25, 0.3) is 0 Å². The third-order valence-corrected chi connectivity index (χ3v) is 3.63. The molecular formula is C19H28N2O5. The molecule has 26 heavy (non-hydrogen) atoms. The molecule has 1 aromatic rings. The van der Waals surface area contributed by atoms with Gasteiger partial charge >= 0.3 is 6.09 Å². The predicted octanol–water partition coefficient (Wildman–Crippen LogP) is 2.55. The minimum absolute atomic E-state index is 0.347. The van der Waals surface area contributed by atoms with Crippen molar-refractivity contribution in [1.29, 1.82) is 0 Å². The number of carbonyl (C=O) groups excluding carboxylic acids is 3. The minimum Gasteiger partial charge on any atom is -0.497 e. The van der Waals surface area contributed by atoms with E-state index in [1.165, 1.54) is 11.8 Å². The molecule has 0 aliphatic heterocycles. The summed E-state index contributed by atoms with van der Waals surface area (Å²) in [6.45, 7) is 6.55. The monoisotopic (exact) mass is 364 g/mol. The van der Waals surface area contributed by atoms with Gasteiger partial charge in [0.25, 0.3) is 0 Å². The van der Waals surface area contributed by atoms with Gasteiger partial charge in [-0.2, -0.15) is 0 Å². The van der Waals surface area contributed by atoms with Gasteiger partial charge in [0.1, 0.15) is 23.1 Å². The third-order valence-electron chi connectivity index (χ3n) is 3.63. The highest BCUT2D eigenvalue weighted by molar-refractivity contribution is 6.01. The predicted molar refractivity (Wildman–Crippen MR) is 98.0 cm³/mol. The summed E-state index contributed by atoms with van der Waals surface area (Å²) in [6, 6.07) is 5.97. The maximum atomic E-state index is 12.6.